The highest BCUT2D eigenvalue weighted by Crippen LogP contribution is 2.38. The van der Waals surface area contributed by atoms with E-state index < -0.39 is 23.1 Å². The quantitative estimate of drug-likeness (QED) is 0.668. The lowest BCUT2D eigenvalue weighted by Gasteiger charge is -2.43. The van der Waals surface area contributed by atoms with Crippen LogP contribution in [0.1, 0.15) is 44.4 Å². The van der Waals surface area contributed by atoms with Gasteiger partial charge >= 0.3 is 0 Å². The molecule has 8 heteroatoms. The molecule has 4 rings (SSSR count). The van der Waals surface area contributed by atoms with Crippen LogP contribution in [0.15, 0.2) is 48.5 Å². The number of carbonyl (C=O) groups excluding carboxylic acids is 2. The molecule has 0 aliphatic carbocycles. The lowest BCUT2D eigenvalue weighted by molar-refractivity contribution is -0.307. The van der Waals surface area contributed by atoms with E-state index in [-0.39, 0.29) is 5.41 Å². The molecule has 2 heterocycles. The molecular weight excluding hydrogens is 419 g/mol. The molecule has 2 aromatic rings. The highest BCUT2D eigenvalue weighted by Gasteiger charge is 2.42. The lowest BCUT2D eigenvalue weighted by atomic mass is 9.90. The summed E-state index contributed by atoms with van der Waals surface area (Å²) in [6, 6.07) is 13.6. The van der Waals surface area contributed by atoms with E-state index in [1.54, 1.807) is 48.5 Å². The monoisotopic (exact) mass is 436 g/mol. The van der Waals surface area contributed by atoms with Crippen LogP contribution < -0.4 is 0 Å². The second-order valence-corrected chi connectivity index (χ2v) is 7.89. The van der Waals surface area contributed by atoms with E-state index in [1.165, 1.54) is 0 Å². The van der Waals surface area contributed by atoms with Crippen molar-refractivity contribution in [3.05, 3.63) is 70.8 Å². The average Bonchev–Trinajstić information content (AvgIpc) is 2.75. The Labute approximate surface area is 177 Å². The molecule has 0 atom stereocenters. The summed E-state index contributed by atoms with van der Waals surface area (Å²) in [5.74, 6) is 0. The molecule has 2 aliphatic heterocycles. The van der Waals surface area contributed by atoms with Gasteiger partial charge in [-0.2, -0.15) is 0 Å². The number of benzene rings is 2. The molecule has 2 aromatic carbocycles. The number of rotatable bonds is 4. The highest BCUT2D eigenvalue weighted by molar-refractivity contribution is 6.68. The standard InChI is InChI=1S/C21H18Cl2O6/c22-17(24)13-1-5-15(6-2-13)19-26-9-21(10-27-19)11-28-20(29-12-21)16-7-3-14(4-8-16)18(23)25/h1-8,19-20H,9-12H2. The molecule has 2 saturated heterocycles. The maximum atomic E-state index is 11.2. The van der Waals surface area contributed by atoms with Crippen LogP contribution in [0.5, 0.6) is 0 Å². The summed E-state index contributed by atoms with van der Waals surface area (Å²) in [7, 11) is 0. The van der Waals surface area contributed by atoms with Gasteiger partial charge in [-0.1, -0.05) is 24.3 Å². The van der Waals surface area contributed by atoms with Gasteiger partial charge in [0.25, 0.3) is 10.5 Å². The maximum absolute atomic E-state index is 11.2. The molecule has 0 radical (unpaired) electrons. The van der Waals surface area contributed by atoms with Crippen molar-refractivity contribution in [2.45, 2.75) is 12.6 Å². The van der Waals surface area contributed by atoms with Gasteiger partial charge in [0.1, 0.15) is 0 Å². The summed E-state index contributed by atoms with van der Waals surface area (Å²) in [6.45, 7) is 1.67. The van der Waals surface area contributed by atoms with Gasteiger partial charge in [-0.15, -0.1) is 0 Å². The molecule has 0 unspecified atom stereocenters. The van der Waals surface area contributed by atoms with Crippen LogP contribution in [-0.4, -0.2) is 36.9 Å². The third kappa shape index (κ3) is 4.53. The fourth-order valence-electron chi connectivity index (χ4n) is 3.28. The van der Waals surface area contributed by atoms with Gasteiger partial charge in [-0.05, 0) is 47.5 Å². The fourth-order valence-corrected chi connectivity index (χ4v) is 3.54. The van der Waals surface area contributed by atoms with Crippen LogP contribution in [0.4, 0.5) is 0 Å². The maximum Gasteiger partial charge on any atom is 0.252 e. The SMILES string of the molecule is O=C(Cl)c1ccc(C2OCC3(CO2)COC(c2ccc(C(=O)Cl)cc2)OC3)cc1. The zero-order valence-corrected chi connectivity index (χ0v) is 16.8. The van der Waals surface area contributed by atoms with E-state index in [4.69, 9.17) is 42.1 Å². The van der Waals surface area contributed by atoms with Crippen molar-refractivity contribution < 1.29 is 28.5 Å². The smallest absolute Gasteiger partial charge is 0.252 e. The molecule has 6 nitrogen and oxygen atoms in total. The van der Waals surface area contributed by atoms with Gasteiger partial charge < -0.3 is 18.9 Å². The normalized spacial score (nSPS) is 27.0. The second-order valence-electron chi connectivity index (χ2n) is 7.20. The zero-order chi connectivity index (χ0) is 20.4. The molecular formula is C21H18Cl2O6. The van der Waals surface area contributed by atoms with Crippen LogP contribution in [0, 0.1) is 5.41 Å². The van der Waals surface area contributed by atoms with Crippen molar-refractivity contribution in [3.63, 3.8) is 0 Å². The first kappa shape index (κ1) is 20.5. The van der Waals surface area contributed by atoms with E-state index in [1.807, 2.05) is 0 Å². The minimum absolute atomic E-state index is 0.384. The van der Waals surface area contributed by atoms with Crippen LogP contribution in [0.3, 0.4) is 0 Å². The molecule has 2 aliphatic rings. The van der Waals surface area contributed by atoms with E-state index in [2.05, 4.69) is 0 Å². The van der Waals surface area contributed by atoms with Crippen LogP contribution in [-0.2, 0) is 18.9 Å². The summed E-state index contributed by atoms with van der Waals surface area (Å²) in [6.07, 6.45) is -1.03. The van der Waals surface area contributed by atoms with Crippen molar-refractivity contribution >= 4 is 33.7 Å². The van der Waals surface area contributed by atoms with Crippen LogP contribution >= 0.6 is 23.2 Å². The summed E-state index contributed by atoms with van der Waals surface area (Å²) in [5.41, 5.74) is 2.08. The van der Waals surface area contributed by atoms with Crippen molar-refractivity contribution in [1.29, 1.82) is 0 Å². The predicted molar refractivity (Wildman–Crippen MR) is 105 cm³/mol. The second kappa shape index (κ2) is 8.52. The number of hydrogen-bond acceptors (Lipinski definition) is 6. The van der Waals surface area contributed by atoms with Crippen LogP contribution in [0.2, 0.25) is 0 Å². The largest absolute Gasteiger partial charge is 0.348 e. The van der Waals surface area contributed by atoms with Gasteiger partial charge in [0.2, 0.25) is 0 Å². The Morgan fingerprint density at radius 1 is 0.655 bits per heavy atom. The molecule has 0 aromatic heterocycles. The van der Waals surface area contributed by atoms with Crippen molar-refractivity contribution in [1.82, 2.24) is 0 Å². The third-order valence-corrected chi connectivity index (χ3v) is 5.42. The Bertz CT molecular complexity index is 801. The predicted octanol–water partition coefficient (Wildman–Crippen LogP) is 4.22. The molecule has 2 fully saturated rings. The highest BCUT2D eigenvalue weighted by atomic mass is 35.5. The summed E-state index contributed by atoms with van der Waals surface area (Å²) in [4.78, 5) is 22.3. The first-order valence-corrected chi connectivity index (χ1v) is 9.77. The fraction of sp³-hybridized carbons (Fsp3) is 0.333. The molecule has 1 spiro atoms. The molecule has 0 N–H and O–H groups in total. The van der Waals surface area contributed by atoms with Crippen molar-refractivity contribution in [2.75, 3.05) is 26.4 Å². The lowest BCUT2D eigenvalue weighted by Crippen LogP contribution is -2.49. The minimum Gasteiger partial charge on any atom is -0.348 e. The van der Waals surface area contributed by atoms with Gasteiger partial charge in [0.15, 0.2) is 12.6 Å². The topological polar surface area (TPSA) is 71.1 Å². The van der Waals surface area contributed by atoms with E-state index >= 15 is 0 Å². The van der Waals surface area contributed by atoms with Gasteiger partial charge in [-0.25, -0.2) is 0 Å². The molecule has 152 valence electrons. The first-order chi connectivity index (χ1) is 14.0. The van der Waals surface area contributed by atoms with Crippen molar-refractivity contribution in [2.24, 2.45) is 5.41 Å². The Morgan fingerprint density at radius 3 is 1.24 bits per heavy atom. The molecule has 0 bridgehead atoms. The zero-order valence-electron chi connectivity index (χ0n) is 15.3. The number of ether oxygens (including phenoxy) is 4. The first-order valence-electron chi connectivity index (χ1n) is 9.02. The van der Waals surface area contributed by atoms with E-state index in [0.29, 0.717) is 37.6 Å². The Morgan fingerprint density at radius 2 is 0.966 bits per heavy atom. The third-order valence-electron chi connectivity index (χ3n) is 4.98. The number of halogens is 2. The van der Waals surface area contributed by atoms with E-state index in [9.17, 15) is 9.59 Å². The Balaban J connectivity index is 1.33. The van der Waals surface area contributed by atoms with Gasteiger partial charge in [-0.3, -0.25) is 9.59 Å². The molecule has 29 heavy (non-hydrogen) atoms. The Kier molecular flexibility index (Phi) is 6.01. The summed E-state index contributed by atoms with van der Waals surface area (Å²) < 4.78 is 23.6. The molecule has 0 amide bonds. The number of carbonyl (C=O) groups is 2. The van der Waals surface area contributed by atoms with E-state index in [0.717, 1.165) is 11.1 Å². The van der Waals surface area contributed by atoms with Gasteiger partial charge in [0, 0.05) is 22.3 Å². The number of hydrogen-bond donors (Lipinski definition) is 0. The average molecular weight is 437 g/mol. The Hall–Kier alpha value is -1.80. The van der Waals surface area contributed by atoms with Gasteiger partial charge in [0.05, 0.1) is 31.8 Å². The molecule has 0 saturated carbocycles. The minimum atomic E-state index is -0.515. The van der Waals surface area contributed by atoms with Crippen LogP contribution in [0.25, 0.3) is 0 Å². The summed E-state index contributed by atoms with van der Waals surface area (Å²) >= 11 is 10.9. The summed E-state index contributed by atoms with van der Waals surface area (Å²) in [5, 5.41) is -1.01. The van der Waals surface area contributed by atoms with Crippen molar-refractivity contribution in [3.8, 4) is 0 Å².